The summed E-state index contributed by atoms with van der Waals surface area (Å²) in [6.07, 6.45) is 1.60. The van der Waals surface area contributed by atoms with Crippen molar-refractivity contribution in [2.75, 3.05) is 5.32 Å². The first-order valence-corrected chi connectivity index (χ1v) is 6.36. The van der Waals surface area contributed by atoms with Gasteiger partial charge in [0.2, 0.25) is 0 Å². The topological polar surface area (TPSA) is 48.7 Å². The van der Waals surface area contributed by atoms with Gasteiger partial charge in [-0.05, 0) is 46.3 Å². The van der Waals surface area contributed by atoms with Crippen molar-refractivity contribution in [3.63, 3.8) is 0 Å². The summed E-state index contributed by atoms with van der Waals surface area (Å²) < 4.78 is 1.94. The van der Waals surface area contributed by atoms with E-state index in [0.29, 0.717) is 5.69 Å². The molecule has 0 saturated heterocycles. The quantitative estimate of drug-likeness (QED) is 0.880. The molecule has 2 aromatic rings. The Hall–Kier alpha value is -1.38. The average molecular weight is 353 g/mol. The van der Waals surface area contributed by atoms with Crippen LogP contribution in [0.1, 0.15) is 5.69 Å². The number of nitrogens with zero attached hydrogens (tertiary/aromatic N) is 2. The molecule has 0 aliphatic rings. The van der Waals surface area contributed by atoms with E-state index in [9.17, 15) is 0 Å². The van der Waals surface area contributed by atoms with E-state index in [-0.39, 0.29) is 0 Å². The van der Waals surface area contributed by atoms with Crippen LogP contribution in [-0.4, -0.2) is 4.98 Å². The first-order valence-electron chi connectivity index (χ1n) is 4.77. The smallest absolute Gasteiger partial charge is 0.142 e. The Morgan fingerprint density at radius 3 is 2.76 bits per heavy atom. The van der Waals surface area contributed by atoms with Gasteiger partial charge in [0.15, 0.2) is 0 Å². The highest BCUT2D eigenvalue weighted by Crippen LogP contribution is 2.28. The van der Waals surface area contributed by atoms with Crippen molar-refractivity contribution in [2.45, 2.75) is 0 Å². The van der Waals surface area contributed by atoms with E-state index in [1.54, 1.807) is 12.3 Å². The lowest BCUT2D eigenvalue weighted by atomic mass is 10.3. The standard InChI is InChI=1S/C12H7Br2N3/c13-8-1-2-11(14)12(5-8)17-9-3-4-16-10(6-9)7-15/h1-6H,(H,16,17). The molecular formula is C12H7Br2N3. The Morgan fingerprint density at radius 1 is 1.18 bits per heavy atom. The van der Waals surface area contributed by atoms with E-state index in [0.717, 1.165) is 20.3 Å². The number of halogens is 2. The molecule has 1 aromatic heterocycles. The highest BCUT2D eigenvalue weighted by molar-refractivity contribution is 9.11. The van der Waals surface area contributed by atoms with Crippen molar-refractivity contribution in [2.24, 2.45) is 0 Å². The molecule has 0 unspecified atom stereocenters. The van der Waals surface area contributed by atoms with E-state index in [4.69, 9.17) is 5.26 Å². The molecule has 0 spiro atoms. The normalized spacial score (nSPS) is 9.71. The van der Waals surface area contributed by atoms with Crippen molar-refractivity contribution >= 4 is 43.2 Å². The summed E-state index contributed by atoms with van der Waals surface area (Å²) in [5.41, 5.74) is 2.14. The second-order valence-electron chi connectivity index (χ2n) is 3.29. The molecule has 0 saturated carbocycles. The molecule has 2 rings (SSSR count). The summed E-state index contributed by atoms with van der Waals surface area (Å²) in [4.78, 5) is 3.92. The Morgan fingerprint density at radius 2 is 2.00 bits per heavy atom. The van der Waals surface area contributed by atoms with Crippen molar-refractivity contribution in [3.8, 4) is 6.07 Å². The minimum atomic E-state index is 0.390. The van der Waals surface area contributed by atoms with Gasteiger partial charge in [0, 0.05) is 20.8 Å². The number of hydrogen-bond acceptors (Lipinski definition) is 3. The molecule has 0 aliphatic carbocycles. The number of anilines is 2. The van der Waals surface area contributed by atoms with Crippen molar-refractivity contribution < 1.29 is 0 Å². The lowest BCUT2D eigenvalue weighted by Gasteiger charge is -2.08. The van der Waals surface area contributed by atoms with Gasteiger partial charge >= 0.3 is 0 Å². The predicted molar refractivity (Wildman–Crippen MR) is 74.1 cm³/mol. The van der Waals surface area contributed by atoms with Crippen LogP contribution in [0, 0.1) is 11.3 Å². The Kier molecular flexibility index (Phi) is 3.77. The molecule has 84 valence electrons. The van der Waals surface area contributed by atoms with Crippen LogP contribution in [0.15, 0.2) is 45.5 Å². The SMILES string of the molecule is N#Cc1cc(Nc2cc(Br)ccc2Br)ccn1. The lowest BCUT2D eigenvalue weighted by molar-refractivity contribution is 1.26. The second-order valence-corrected chi connectivity index (χ2v) is 5.06. The number of benzene rings is 1. The predicted octanol–water partition coefficient (Wildman–Crippen LogP) is 4.22. The third-order valence-corrected chi connectivity index (χ3v) is 3.27. The summed E-state index contributed by atoms with van der Waals surface area (Å²) in [5.74, 6) is 0. The summed E-state index contributed by atoms with van der Waals surface area (Å²) in [6, 6.07) is 11.4. The number of hydrogen-bond donors (Lipinski definition) is 1. The van der Waals surface area contributed by atoms with Crippen LogP contribution in [0.4, 0.5) is 11.4 Å². The average Bonchev–Trinajstić information content (AvgIpc) is 2.34. The number of nitriles is 1. The molecule has 1 heterocycles. The van der Waals surface area contributed by atoms with Crippen LogP contribution in [-0.2, 0) is 0 Å². The zero-order valence-electron chi connectivity index (χ0n) is 8.61. The monoisotopic (exact) mass is 351 g/mol. The maximum absolute atomic E-state index is 8.77. The Labute approximate surface area is 116 Å². The van der Waals surface area contributed by atoms with Gasteiger partial charge in [-0.3, -0.25) is 0 Å². The zero-order chi connectivity index (χ0) is 12.3. The van der Waals surface area contributed by atoms with E-state index < -0.39 is 0 Å². The summed E-state index contributed by atoms with van der Waals surface area (Å²) in [6.45, 7) is 0. The van der Waals surface area contributed by atoms with Gasteiger partial charge in [0.1, 0.15) is 11.8 Å². The van der Waals surface area contributed by atoms with Crippen LogP contribution in [0.3, 0.4) is 0 Å². The maximum atomic E-state index is 8.77. The van der Waals surface area contributed by atoms with E-state index in [1.165, 1.54) is 0 Å². The number of rotatable bonds is 2. The first-order chi connectivity index (χ1) is 8.19. The van der Waals surface area contributed by atoms with Crippen molar-refractivity contribution in [1.82, 2.24) is 4.98 Å². The Balaban J connectivity index is 2.31. The molecule has 5 heteroatoms. The second kappa shape index (κ2) is 5.30. The first kappa shape index (κ1) is 12.1. The molecule has 0 bridgehead atoms. The fraction of sp³-hybridized carbons (Fsp3) is 0. The van der Waals surface area contributed by atoms with E-state index in [2.05, 4.69) is 42.2 Å². The number of aromatic nitrogens is 1. The van der Waals surface area contributed by atoms with Crippen molar-refractivity contribution in [1.29, 1.82) is 5.26 Å². The van der Waals surface area contributed by atoms with Gasteiger partial charge in [0.25, 0.3) is 0 Å². The van der Waals surface area contributed by atoms with Gasteiger partial charge in [-0.15, -0.1) is 0 Å². The van der Waals surface area contributed by atoms with Gasteiger partial charge in [0.05, 0.1) is 5.69 Å². The molecule has 0 atom stereocenters. The van der Waals surface area contributed by atoms with Crippen molar-refractivity contribution in [3.05, 3.63) is 51.2 Å². The van der Waals surface area contributed by atoms with Gasteiger partial charge in [-0.1, -0.05) is 15.9 Å². The maximum Gasteiger partial charge on any atom is 0.142 e. The minimum absolute atomic E-state index is 0.390. The molecular weight excluding hydrogens is 346 g/mol. The minimum Gasteiger partial charge on any atom is -0.354 e. The van der Waals surface area contributed by atoms with Crippen LogP contribution in [0.2, 0.25) is 0 Å². The van der Waals surface area contributed by atoms with E-state index >= 15 is 0 Å². The molecule has 17 heavy (non-hydrogen) atoms. The highest BCUT2D eigenvalue weighted by Gasteiger charge is 2.02. The molecule has 0 fully saturated rings. The zero-order valence-corrected chi connectivity index (χ0v) is 11.8. The van der Waals surface area contributed by atoms with Gasteiger partial charge in [-0.25, -0.2) is 4.98 Å². The lowest BCUT2D eigenvalue weighted by Crippen LogP contribution is -1.93. The third-order valence-electron chi connectivity index (χ3n) is 2.08. The third kappa shape index (κ3) is 3.05. The van der Waals surface area contributed by atoms with Crippen LogP contribution in [0.5, 0.6) is 0 Å². The number of nitrogens with one attached hydrogen (secondary N) is 1. The van der Waals surface area contributed by atoms with Gasteiger partial charge in [-0.2, -0.15) is 5.26 Å². The molecule has 1 N–H and O–H groups in total. The molecule has 0 amide bonds. The Bertz CT molecular complexity index is 591. The highest BCUT2D eigenvalue weighted by atomic mass is 79.9. The molecule has 0 radical (unpaired) electrons. The fourth-order valence-electron chi connectivity index (χ4n) is 1.32. The summed E-state index contributed by atoms with van der Waals surface area (Å²) in [5, 5.41) is 12.0. The van der Waals surface area contributed by atoms with Crippen LogP contribution < -0.4 is 5.32 Å². The molecule has 1 aromatic carbocycles. The fourth-order valence-corrected chi connectivity index (χ4v) is 2.03. The van der Waals surface area contributed by atoms with Crippen LogP contribution >= 0.6 is 31.9 Å². The number of pyridine rings is 1. The van der Waals surface area contributed by atoms with E-state index in [1.807, 2.05) is 30.3 Å². The molecule has 3 nitrogen and oxygen atoms in total. The molecule has 0 aliphatic heterocycles. The largest absolute Gasteiger partial charge is 0.354 e. The van der Waals surface area contributed by atoms with Gasteiger partial charge < -0.3 is 5.32 Å². The van der Waals surface area contributed by atoms with Crippen LogP contribution in [0.25, 0.3) is 0 Å². The summed E-state index contributed by atoms with van der Waals surface area (Å²) in [7, 11) is 0. The summed E-state index contributed by atoms with van der Waals surface area (Å²) >= 11 is 6.87.